The van der Waals surface area contributed by atoms with Gasteiger partial charge in [-0.05, 0) is 56.7 Å². The van der Waals surface area contributed by atoms with Crippen molar-refractivity contribution < 1.29 is 4.74 Å². The lowest BCUT2D eigenvalue weighted by Gasteiger charge is -2.37. The maximum absolute atomic E-state index is 9.04. The van der Waals surface area contributed by atoms with Crippen LogP contribution in [0.5, 0.6) is 5.75 Å². The van der Waals surface area contributed by atoms with Crippen molar-refractivity contribution in [2.45, 2.75) is 44.6 Å². The van der Waals surface area contributed by atoms with E-state index in [-0.39, 0.29) is 0 Å². The first kappa shape index (κ1) is 14.4. The molecule has 1 saturated heterocycles. The van der Waals surface area contributed by atoms with Gasteiger partial charge in [-0.1, -0.05) is 18.6 Å². The summed E-state index contributed by atoms with van der Waals surface area (Å²) in [4.78, 5) is 2.68. The highest BCUT2D eigenvalue weighted by Gasteiger charge is 2.34. The quantitative estimate of drug-likeness (QED) is 0.775. The maximum atomic E-state index is 9.04. The van der Waals surface area contributed by atoms with Gasteiger partial charge < -0.3 is 4.74 Å². The number of rotatable bonds is 5. The molecule has 1 aliphatic heterocycles. The van der Waals surface area contributed by atoms with E-state index in [1.165, 1.54) is 38.6 Å². The van der Waals surface area contributed by atoms with Gasteiger partial charge in [0.1, 0.15) is 11.8 Å². The van der Waals surface area contributed by atoms with Crippen molar-refractivity contribution in [2.75, 3.05) is 19.7 Å². The van der Waals surface area contributed by atoms with Crippen LogP contribution in [0.1, 0.15) is 44.1 Å². The molecule has 112 valence electrons. The first-order chi connectivity index (χ1) is 10.4. The smallest absolute Gasteiger partial charge is 0.137 e. The van der Waals surface area contributed by atoms with Gasteiger partial charge in [0.25, 0.3) is 0 Å². The van der Waals surface area contributed by atoms with Crippen LogP contribution in [0, 0.1) is 17.2 Å². The largest absolute Gasteiger partial charge is 0.492 e. The molecule has 0 N–H and O–H groups in total. The van der Waals surface area contributed by atoms with Crippen LogP contribution >= 0.6 is 0 Å². The van der Waals surface area contributed by atoms with Crippen molar-refractivity contribution in [2.24, 2.45) is 5.92 Å². The van der Waals surface area contributed by atoms with Gasteiger partial charge in [-0.3, -0.25) is 4.90 Å². The summed E-state index contributed by atoms with van der Waals surface area (Å²) in [7, 11) is 0. The fraction of sp³-hybridized carbons (Fsp3) is 0.611. The van der Waals surface area contributed by atoms with Crippen LogP contribution in [0.25, 0.3) is 0 Å². The molecule has 2 aliphatic rings. The third-order valence-corrected chi connectivity index (χ3v) is 4.96. The number of hydrogen-bond acceptors (Lipinski definition) is 3. The lowest BCUT2D eigenvalue weighted by molar-refractivity contribution is 0.106. The van der Waals surface area contributed by atoms with Gasteiger partial charge in [-0.25, -0.2) is 0 Å². The zero-order valence-corrected chi connectivity index (χ0v) is 12.6. The van der Waals surface area contributed by atoms with Gasteiger partial charge in [-0.2, -0.15) is 5.26 Å². The molecule has 1 aromatic carbocycles. The molecule has 3 heteroatoms. The zero-order chi connectivity index (χ0) is 14.5. The SMILES string of the molecule is N#Cc1ccccc1OCCCN1CCCC2CCCC21. The Balaban J connectivity index is 1.45. The Morgan fingerprint density at radius 3 is 2.95 bits per heavy atom. The van der Waals surface area contributed by atoms with Gasteiger partial charge in [0.2, 0.25) is 0 Å². The van der Waals surface area contributed by atoms with E-state index in [1.807, 2.05) is 24.3 Å². The maximum Gasteiger partial charge on any atom is 0.137 e. The van der Waals surface area contributed by atoms with Crippen molar-refractivity contribution in [3.8, 4) is 11.8 Å². The standard InChI is InChI=1S/C18H24N2O/c19-14-16-6-1-2-10-18(16)21-13-5-12-20-11-4-8-15-7-3-9-17(15)20/h1-2,6,10,15,17H,3-5,7-9,11-13H2. The average molecular weight is 284 g/mol. The molecule has 0 amide bonds. The molecule has 2 unspecified atom stereocenters. The fourth-order valence-corrected chi connectivity index (χ4v) is 3.97. The van der Waals surface area contributed by atoms with Gasteiger partial charge >= 0.3 is 0 Å². The molecule has 0 spiro atoms. The minimum absolute atomic E-state index is 0.631. The number of likely N-dealkylation sites (tertiary alicyclic amines) is 1. The Bertz CT molecular complexity index is 508. The van der Waals surface area contributed by atoms with E-state index >= 15 is 0 Å². The van der Waals surface area contributed by atoms with Crippen LogP contribution in [-0.2, 0) is 0 Å². The molecule has 2 fully saturated rings. The van der Waals surface area contributed by atoms with Crippen molar-refractivity contribution in [3.05, 3.63) is 29.8 Å². The molecule has 0 aromatic heterocycles. The number of hydrogen-bond donors (Lipinski definition) is 0. The molecule has 0 radical (unpaired) electrons. The Morgan fingerprint density at radius 2 is 2.05 bits per heavy atom. The van der Waals surface area contributed by atoms with E-state index in [4.69, 9.17) is 10.00 Å². The van der Waals surface area contributed by atoms with E-state index in [0.29, 0.717) is 12.2 Å². The molecular formula is C18H24N2O. The molecule has 21 heavy (non-hydrogen) atoms. The van der Waals surface area contributed by atoms with Crippen LogP contribution in [0.2, 0.25) is 0 Å². The Kier molecular flexibility index (Phi) is 4.77. The van der Waals surface area contributed by atoms with Gasteiger partial charge in [-0.15, -0.1) is 0 Å². The second-order valence-electron chi connectivity index (χ2n) is 6.25. The zero-order valence-electron chi connectivity index (χ0n) is 12.6. The summed E-state index contributed by atoms with van der Waals surface area (Å²) in [5.74, 6) is 1.68. The Hall–Kier alpha value is -1.53. The number of para-hydroxylation sites is 1. The van der Waals surface area contributed by atoms with Crippen LogP contribution in [0.15, 0.2) is 24.3 Å². The number of piperidine rings is 1. The minimum atomic E-state index is 0.631. The van der Waals surface area contributed by atoms with Crippen molar-refractivity contribution in [1.29, 1.82) is 5.26 Å². The molecule has 3 nitrogen and oxygen atoms in total. The van der Waals surface area contributed by atoms with Crippen LogP contribution in [-0.4, -0.2) is 30.6 Å². The van der Waals surface area contributed by atoms with E-state index in [9.17, 15) is 0 Å². The van der Waals surface area contributed by atoms with Gasteiger partial charge in [0.05, 0.1) is 12.2 Å². The molecule has 1 aromatic rings. The monoisotopic (exact) mass is 284 g/mol. The van der Waals surface area contributed by atoms with E-state index in [0.717, 1.165) is 30.7 Å². The summed E-state index contributed by atoms with van der Waals surface area (Å²) >= 11 is 0. The number of ether oxygens (including phenoxy) is 1. The summed E-state index contributed by atoms with van der Waals surface area (Å²) in [6.07, 6.45) is 8.09. The highest BCUT2D eigenvalue weighted by molar-refractivity contribution is 5.42. The normalized spacial score (nSPS) is 25.3. The molecule has 0 bridgehead atoms. The predicted molar refractivity (Wildman–Crippen MR) is 83.2 cm³/mol. The second kappa shape index (κ2) is 6.95. The Morgan fingerprint density at radius 1 is 1.19 bits per heavy atom. The third-order valence-electron chi connectivity index (χ3n) is 4.96. The third kappa shape index (κ3) is 3.39. The molecule has 1 aliphatic carbocycles. The fourth-order valence-electron chi connectivity index (χ4n) is 3.97. The summed E-state index contributed by atoms with van der Waals surface area (Å²) in [6, 6.07) is 10.5. The molecule has 1 saturated carbocycles. The lowest BCUT2D eigenvalue weighted by atomic mass is 9.92. The highest BCUT2D eigenvalue weighted by atomic mass is 16.5. The topological polar surface area (TPSA) is 36.3 Å². The molecular weight excluding hydrogens is 260 g/mol. The summed E-state index contributed by atoms with van der Waals surface area (Å²) in [6.45, 7) is 3.10. The summed E-state index contributed by atoms with van der Waals surface area (Å²) < 4.78 is 5.78. The minimum Gasteiger partial charge on any atom is -0.492 e. The number of nitrogens with zero attached hydrogens (tertiary/aromatic N) is 2. The van der Waals surface area contributed by atoms with Gasteiger partial charge in [0.15, 0.2) is 0 Å². The van der Waals surface area contributed by atoms with Crippen molar-refractivity contribution in [1.82, 2.24) is 4.90 Å². The molecule has 1 heterocycles. The highest BCUT2D eigenvalue weighted by Crippen LogP contribution is 2.36. The van der Waals surface area contributed by atoms with Crippen LogP contribution in [0.4, 0.5) is 0 Å². The second-order valence-corrected chi connectivity index (χ2v) is 6.25. The number of nitriles is 1. The first-order valence-electron chi connectivity index (χ1n) is 8.24. The first-order valence-corrected chi connectivity index (χ1v) is 8.24. The number of benzene rings is 1. The lowest BCUT2D eigenvalue weighted by Crippen LogP contribution is -2.43. The average Bonchev–Trinajstić information content (AvgIpc) is 3.01. The van der Waals surface area contributed by atoms with Crippen molar-refractivity contribution in [3.63, 3.8) is 0 Å². The summed E-state index contributed by atoms with van der Waals surface area (Å²) in [5, 5.41) is 9.04. The van der Waals surface area contributed by atoms with E-state index in [2.05, 4.69) is 11.0 Å². The van der Waals surface area contributed by atoms with E-state index < -0.39 is 0 Å². The number of fused-ring (bicyclic) bond motifs is 1. The summed E-state index contributed by atoms with van der Waals surface area (Å²) in [5.41, 5.74) is 0.631. The van der Waals surface area contributed by atoms with Crippen molar-refractivity contribution >= 4 is 0 Å². The van der Waals surface area contributed by atoms with Crippen LogP contribution in [0.3, 0.4) is 0 Å². The predicted octanol–water partition coefficient (Wildman–Crippen LogP) is 3.59. The molecule has 2 atom stereocenters. The van der Waals surface area contributed by atoms with Gasteiger partial charge in [0, 0.05) is 12.6 Å². The molecule has 3 rings (SSSR count). The van der Waals surface area contributed by atoms with Crippen LogP contribution < -0.4 is 4.74 Å². The van der Waals surface area contributed by atoms with E-state index in [1.54, 1.807) is 0 Å². The Labute approximate surface area is 127 Å².